The summed E-state index contributed by atoms with van der Waals surface area (Å²) in [4.78, 5) is 25.7. The molecule has 1 amide bonds. The largest absolute Gasteiger partial charge is 0.756 e. The fourth-order valence-corrected chi connectivity index (χ4v) is 12.1. The van der Waals surface area contributed by atoms with Gasteiger partial charge in [-0.05, 0) is 103 Å². The lowest BCUT2D eigenvalue weighted by Crippen LogP contribution is -2.45. The molecule has 0 heterocycles. The average Bonchev–Trinajstić information content (AvgIpc) is 2.75. The molecule has 93 heavy (non-hydrogen) atoms. The lowest BCUT2D eigenvalue weighted by atomic mass is 10.0. The zero-order valence-electron chi connectivity index (χ0n) is 61.7. The normalized spacial score (nSPS) is 14.2. The minimum Gasteiger partial charge on any atom is -0.756 e. The molecule has 0 aliphatic carbocycles. The summed E-state index contributed by atoms with van der Waals surface area (Å²) in [5, 5.41) is 14.0. The van der Waals surface area contributed by atoms with E-state index in [4.69, 9.17) is 9.05 Å². The molecule has 0 saturated heterocycles. The second-order valence-electron chi connectivity index (χ2n) is 27.7. The molecular weight excluding hydrogens is 1160 g/mol. The first kappa shape index (κ1) is 89.9. The highest BCUT2D eigenvalue weighted by atomic mass is 31.2. The predicted molar refractivity (Wildman–Crippen MR) is 408 cm³/mol. The van der Waals surface area contributed by atoms with Crippen LogP contribution in [0.1, 0.15) is 354 Å². The standard InChI is InChI=1S/C84H151N2O6P/c1-6-8-10-12-14-16-18-20-22-24-26-28-30-32-34-36-38-39-40-41-42-43-44-45-46-47-48-50-52-54-56-58-60-62-64-66-68-70-72-74-76-78-84(88)85-82(81-92-93(89,90)91-80-79-86(3,4)5)83(87)77-75-73-71-69-67-65-63-61-59-57-55-53-51-49-37-35-33-31-29-27-25-23-21-19-17-15-13-11-9-7-2/h8,10,14,16,20,22,26,28,32,34,38-39,41-42,59,61,67,69,75,77,82-83,87H,6-7,9,11-13,15,17-19,21,23-25,27,29-31,33,35-37,40,43-58,60,62-66,68,70-74,76,78-81H2,1-5H3,(H-,85,88,89,90)/b10-8-,16-14-,22-20-,28-26-,34-32-,39-38-,42-41-,61-59+,69-67+,77-75+. The van der Waals surface area contributed by atoms with Crippen LogP contribution in [0.15, 0.2) is 122 Å². The number of nitrogens with zero attached hydrogens (tertiary/aromatic N) is 1. The molecule has 3 unspecified atom stereocenters. The number of carbonyl (C=O) groups excluding carboxylic acids is 1. The number of nitrogens with one attached hydrogen (secondary N) is 1. The van der Waals surface area contributed by atoms with Gasteiger partial charge < -0.3 is 28.8 Å². The Morgan fingerprint density at radius 2 is 0.667 bits per heavy atom. The van der Waals surface area contributed by atoms with Crippen molar-refractivity contribution < 1.29 is 32.9 Å². The number of phosphoric acid groups is 1. The van der Waals surface area contributed by atoms with E-state index in [2.05, 4.69) is 129 Å². The highest BCUT2D eigenvalue weighted by Gasteiger charge is 2.23. The molecule has 0 saturated carbocycles. The Balaban J connectivity index is 4.04. The quantitative estimate of drug-likeness (QED) is 0.0272. The Morgan fingerprint density at radius 1 is 0.387 bits per heavy atom. The summed E-state index contributed by atoms with van der Waals surface area (Å²) in [6.07, 6.45) is 109. The summed E-state index contributed by atoms with van der Waals surface area (Å²) in [6.45, 7) is 4.54. The third kappa shape index (κ3) is 76.1. The van der Waals surface area contributed by atoms with Crippen molar-refractivity contribution >= 4 is 13.7 Å². The zero-order valence-corrected chi connectivity index (χ0v) is 62.6. The van der Waals surface area contributed by atoms with Crippen molar-refractivity contribution in [2.75, 3.05) is 40.9 Å². The van der Waals surface area contributed by atoms with Crippen molar-refractivity contribution in [3.05, 3.63) is 122 Å². The lowest BCUT2D eigenvalue weighted by molar-refractivity contribution is -0.870. The molecule has 0 aromatic heterocycles. The number of hydrogen-bond acceptors (Lipinski definition) is 6. The van der Waals surface area contributed by atoms with Crippen LogP contribution in [0, 0.1) is 0 Å². The summed E-state index contributed by atoms with van der Waals surface area (Å²) in [5.74, 6) is -0.209. The van der Waals surface area contributed by atoms with Gasteiger partial charge in [-0.15, -0.1) is 0 Å². The van der Waals surface area contributed by atoms with Crippen LogP contribution in [0.2, 0.25) is 0 Å². The molecule has 0 fully saturated rings. The maximum Gasteiger partial charge on any atom is 0.268 e. The average molecular weight is 1320 g/mol. The fourth-order valence-electron chi connectivity index (χ4n) is 11.3. The third-order valence-corrected chi connectivity index (χ3v) is 18.3. The highest BCUT2D eigenvalue weighted by Crippen LogP contribution is 2.38. The number of aliphatic hydroxyl groups is 1. The van der Waals surface area contributed by atoms with Gasteiger partial charge in [-0.2, -0.15) is 0 Å². The number of quaternary nitrogens is 1. The van der Waals surface area contributed by atoms with Crippen LogP contribution in [-0.4, -0.2) is 68.5 Å². The van der Waals surface area contributed by atoms with Crippen molar-refractivity contribution in [3.63, 3.8) is 0 Å². The minimum atomic E-state index is -4.62. The second kappa shape index (κ2) is 73.2. The van der Waals surface area contributed by atoms with Crippen LogP contribution < -0.4 is 10.2 Å². The number of likely N-dealkylation sites (N-methyl/N-ethyl adjacent to an activating group) is 1. The minimum absolute atomic E-state index is 0.0117. The molecule has 0 bridgehead atoms. The number of phosphoric ester groups is 1. The Bertz CT molecular complexity index is 1940. The number of carbonyl (C=O) groups is 1. The SMILES string of the molecule is CC/C=C\C/C=C\C/C=C\C/C=C\C/C=C\C/C=C\C/C=C\CCCCCCCCCCCCCCCCCCCCCC(=O)NC(COP(=O)([O-])OCC[N+](C)(C)C)C(O)/C=C/CC/C=C/CC/C=C/CCCCCCCCCCCCCCCCCCCCCC. The smallest absolute Gasteiger partial charge is 0.268 e. The number of unbranched alkanes of at least 4 members (excludes halogenated alkanes) is 41. The van der Waals surface area contributed by atoms with Gasteiger partial charge in [0.1, 0.15) is 13.2 Å². The van der Waals surface area contributed by atoms with E-state index in [1.165, 1.54) is 244 Å². The predicted octanol–water partition coefficient (Wildman–Crippen LogP) is 25.3. The van der Waals surface area contributed by atoms with E-state index in [0.29, 0.717) is 17.4 Å². The molecule has 538 valence electrons. The van der Waals surface area contributed by atoms with Gasteiger partial charge in [0.25, 0.3) is 7.82 Å². The van der Waals surface area contributed by atoms with E-state index in [0.717, 1.165) is 89.9 Å². The van der Waals surface area contributed by atoms with Crippen molar-refractivity contribution in [1.29, 1.82) is 0 Å². The van der Waals surface area contributed by atoms with Crippen LogP contribution in [0.3, 0.4) is 0 Å². The number of aliphatic hydroxyl groups excluding tert-OH is 1. The van der Waals surface area contributed by atoms with Crippen LogP contribution in [0.25, 0.3) is 0 Å². The third-order valence-electron chi connectivity index (χ3n) is 17.4. The Morgan fingerprint density at radius 3 is 1.00 bits per heavy atom. The topological polar surface area (TPSA) is 108 Å². The Kier molecular flexibility index (Phi) is 70.7. The molecule has 0 aromatic carbocycles. The van der Waals surface area contributed by atoms with Gasteiger partial charge >= 0.3 is 0 Å². The van der Waals surface area contributed by atoms with Crippen LogP contribution in [0.5, 0.6) is 0 Å². The molecule has 0 radical (unpaired) electrons. The van der Waals surface area contributed by atoms with E-state index in [1.54, 1.807) is 6.08 Å². The molecule has 8 nitrogen and oxygen atoms in total. The molecule has 0 aromatic rings. The second-order valence-corrected chi connectivity index (χ2v) is 29.1. The summed E-state index contributed by atoms with van der Waals surface area (Å²) >= 11 is 0. The van der Waals surface area contributed by atoms with Crippen molar-refractivity contribution in [1.82, 2.24) is 5.32 Å². The van der Waals surface area contributed by atoms with E-state index in [-0.39, 0.29) is 12.5 Å². The van der Waals surface area contributed by atoms with E-state index >= 15 is 0 Å². The van der Waals surface area contributed by atoms with Crippen molar-refractivity contribution in [2.24, 2.45) is 0 Å². The lowest BCUT2D eigenvalue weighted by Gasteiger charge is -2.29. The van der Waals surface area contributed by atoms with Crippen molar-refractivity contribution in [3.8, 4) is 0 Å². The van der Waals surface area contributed by atoms with Crippen LogP contribution >= 0.6 is 7.82 Å². The first-order valence-electron chi connectivity index (χ1n) is 39.4. The highest BCUT2D eigenvalue weighted by molar-refractivity contribution is 7.45. The van der Waals surface area contributed by atoms with E-state index in [1.807, 2.05) is 27.2 Å². The summed E-state index contributed by atoms with van der Waals surface area (Å²) in [6, 6.07) is -0.917. The van der Waals surface area contributed by atoms with Gasteiger partial charge in [0.05, 0.1) is 39.9 Å². The van der Waals surface area contributed by atoms with Gasteiger partial charge in [0.2, 0.25) is 5.91 Å². The van der Waals surface area contributed by atoms with Gasteiger partial charge in [-0.1, -0.05) is 367 Å². The molecule has 0 aliphatic heterocycles. The molecule has 0 aliphatic rings. The first-order chi connectivity index (χ1) is 45.5. The summed E-state index contributed by atoms with van der Waals surface area (Å²) in [7, 11) is 1.24. The van der Waals surface area contributed by atoms with Gasteiger partial charge in [-0.3, -0.25) is 9.36 Å². The number of allylic oxidation sites excluding steroid dienone is 19. The Hall–Kier alpha value is -3.10. The van der Waals surface area contributed by atoms with E-state index in [9.17, 15) is 19.4 Å². The zero-order chi connectivity index (χ0) is 67.6. The fraction of sp³-hybridized carbons (Fsp3) is 0.750. The summed E-state index contributed by atoms with van der Waals surface area (Å²) in [5.41, 5.74) is 0. The van der Waals surface area contributed by atoms with Gasteiger partial charge in [0.15, 0.2) is 0 Å². The first-order valence-corrected chi connectivity index (χ1v) is 40.9. The van der Waals surface area contributed by atoms with Gasteiger partial charge in [-0.25, -0.2) is 0 Å². The number of amides is 1. The van der Waals surface area contributed by atoms with E-state index < -0.39 is 26.6 Å². The summed E-state index contributed by atoms with van der Waals surface area (Å²) < 4.78 is 23.5. The van der Waals surface area contributed by atoms with Crippen LogP contribution in [0.4, 0.5) is 0 Å². The van der Waals surface area contributed by atoms with Crippen LogP contribution in [-0.2, 0) is 18.4 Å². The molecule has 0 spiro atoms. The van der Waals surface area contributed by atoms with Gasteiger partial charge in [0, 0.05) is 6.42 Å². The number of hydrogen-bond donors (Lipinski definition) is 2. The molecule has 3 atom stereocenters. The van der Waals surface area contributed by atoms with Crippen molar-refractivity contribution in [2.45, 2.75) is 366 Å². The maximum atomic E-state index is 13.1. The maximum absolute atomic E-state index is 13.1. The molecular formula is C84H151N2O6P. The number of rotatable bonds is 72. The molecule has 9 heteroatoms. The monoisotopic (exact) mass is 1320 g/mol. The Labute approximate surface area is 577 Å². The molecule has 2 N–H and O–H groups in total. The molecule has 0 rings (SSSR count).